The zero-order valence-corrected chi connectivity index (χ0v) is 12.3. The van der Waals surface area contributed by atoms with Crippen LogP contribution in [-0.2, 0) is 0 Å². The molecule has 106 valence electrons. The maximum atomic E-state index is 13.9. The van der Waals surface area contributed by atoms with Crippen LogP contribution in [0.15, 0.2) is 18.2 Å². The van der Waals surface area contributed by atoms with E-state index in [1.165, 1.54) is 32.1 Å². The van der Waals surface area contributed by atoms with Gasteiger partial charge >= 0.3 is 0 Å². The Labute approximate surface area is 120 Å². The number of anilines is 1. The zero-order valence-electron chi connectivity index (χ0n) is 11.6. The average molecular weight is 284 g/mol. The Balaban J connectivity index is 1.94. The Kier molecular flexibility index (Phi) is 5.50. The third-order valence-electron chi connectivity index (χ3n) is 4.10. The molecule has 3 heteroatoms. The molecule has 1 aromatic carbocycles. The molecule has 19 heavy (non-hydrogen) atoms. The highest BCUT2D eigenvalue weighted by atomic mass is 35.5. The molecule has 0 saturated heterocycles. The van der Waals surface area contributed by atoms with Gasteiger partial charge in [0.2, 0.25) is 0 Å². The summed E-state index contributed by atoms with van der Waals surface area (Å²) in [4.78, 5) is 0. The van der Waals surface area contributed by atoms with Gasteiger partial charge in [-0.1, -0.05) is 50.3 Å². The molecular weight excluding hydrogens is 261 g/mol. The van der Waals surface area contributed by atoms with Crippen molar-refractivity contribution in [2.24, 2.45) is 5.92 Å². The average Bonchev–Trinajstić information content (AvgIpc) is 2.61. The summed E-state index contributed by atoms with van der Waals surface area (Å²) in [6.45, 7) is 2.25. The number of rotatable bonds is 4. The van der Waals surface area contributed by atoms with E-state index < -0.39 is 0 Å². The molecule has 1 fully saturated rings. The molecule has 1 aliphatic carbocycles. The molecule has 1 aliphatic rings. The van der Waals surface area contributed by atoms with Gasteiger partial charge in [-0.2, -0.15) is 0 Å². The van der Waals surface area contributed by atoms with Gasteiger partial charge in [0.25, 0.3) is 0 Å². The quantitative estimate of drug-likeness (QED) is 0.705. The summed E-state index contributed by atoms with van der Waals surface area (Å²) in [6.07, 6.45) is 8.69. The van der Waals surface area contributed by atoms with Crippen LogP contribution >= 0.6 is 11.6 Å². The second-order valence-electron chi connectivity index (χ2n) is 5.61. The van der Waals surface area contributed by atoms with Crippen LogP contribution in [0.2, 0.25) is 5.02 Å². The monoisotopic (exact) mass is 283 g/mol. The topological polar surface area (TPSA) is 12.0 Å². The molecule has 0 amide bonds. The Bertz CT molecular complexity index is 408. The summed E-state index contributed by atoms with van der Waals surface area (Å²) in [5, 5.41) is 3.53. The van der Waals surface area contributed by atoms with Gasteiger partial charge in [0.05, 0.1) is 10.7 Å². The van der Waals surface area contributed by atoms with Gasteiger partial charge in [0, 0.05) is 6.04 Å². The van der Waals surface area contributed by atoms with Crippen molar-refractivity contribution in [3.8, 4) is 0 Å². The second-order valence-corrected chi connectivity index (χ2v) is 6.01. The van der Waals surface area contributed by atoms with Crippen molar-refractivity contribution in [3.05, 3.63) is 29.0 Å². The van der Waals surface area contributed by atoms with Crippen molar-refractivity contribution < 1.29 is 4.39 Å². The Morgan fingerprint density at radius 3 is 2.89 bits per heavy atom. The Morgan fingerprint density at radius 2 is 2.11 bits per heavy atom. The molecule has 1 nitrogen and oxygen atoms in total. The molecule has 1 N–H and O–H groups in total. The summed E-state index contributed by atoms with van der Waals surface area (Å²) in [5.74, 6) is 0.541. The molecule has 1 aromatic rings. The minimum absolute atomic E-state index is 0.197. The van der Waals surface area contributed by atoms with E-state index in [1.54, 1.807) is 18.2 Å². The lowest BCUT2D eigenvalue weighted by atomic mass is 9.95. The fourth-order valence-electron chi connectivity index (χ4n) is 3.05. The highest BCUT2D eigenvalue weighted by Crippen LogP contribution is 2.30. The Hall–Kier alpha value is -0.760. The van der Waals surface area contributed by atoms with Gasteiger partial charge in [0.15, 0.2) is 5.82 Å². The second kappa shape index (κ2) is 7.14. The molecule has 0 spiro atoms. The van der Waals surface area contributed by atoms with Crippen molar-refractivity contribution in [1.82, 2.24) is 0 Å². The first kappa shape index (κ1) is 14.6. The van der Waals surface area contributed by atoms with Crippen molar-refractivity contribution in [2.45, 2.75) is 57.9 Å². The molecule has 0 aliphatic heterocycles. The highest BCUT2D eigenvalue weighted by molar-refractivity contribution is 6.31. The number of nitrogens with one attached hydrogen (secondary N) is 1. The minimum atomic E-state index is -0.321. The van der Waals surface area contributed by atoms with Crippen molar-refractivity contribution >= 4 is 17.3 Å². The number of hydrogen-bond donors (Lipinski definition) is 1. The van der Waals surface area contributed by atoms with Crippen LogP contribution in [0.1, 0.15) is 51.9 Å². The van der Waals surface area contributed by atoms with Crippen molar-refractivity contribution in [3.63, 3.8) is 0 Å². The third-order valence-corrected chi connectivity index (χ3v) is 4.39. The van der Waals surface area contributed by atoms with E-state index in [-0.39, 0.29) is 10.8 Å². The van der Waals surface area contributed by atoms with Crippen LogP contribution in [0.25, 0.3) is 0 Å². The first-order chi connectivity index (χ1) is 9.20. The van der Waals surface area contributed by atoms with Crippen LogP contribution in [0, 0.1) is 11.7 Å². The summed E-state index contributed by atoms with van der Waals surface area (Å²) < 4.78 is 13.9. The first-order valence-corrected chi connectivity index (χ1v) is 7.79. The van der Waals surface area contributed by atoms with Crippen molar-refractivity contribution in [2.75, 3.05) is 5.32 Å². The van der Waals surface area contributed by atoms with E-state index in [0.29, 0.717) is 11.7 Å². The van der Waals surface area contributed by atoms with E-state index in [2.05, 4.69) is 12.2 Å². The fraction of sp³-hybridized carbons (Fsp3) is 0.625. The van der Waals surface area contributed by atoms with Crippen LogP contribution in [0.4, 0.5) is 10.1 Å². The van der Waals surface area contributed by atoms with E-state index in [0.717, 1.165) is 18.8 Å². The lowest BCUT2D eigenvalue weighted by Gasteiger charge is -2.19. The summed E-state index contributed by atoms with van der Waals surface area (Å²) >= 11 is 5.81. The van der Waals surface area contributed by atoms with Crippen LogP contribution < -0.4 is 5.32 Å². The van der Waals surface area contributed by atoms with Gasteiger partial charge in [-0.3, -0.25) is 0 Å². The normalized spacial score (nSPS) is 23.9. The van der Waals surface area contributed by atoms with Crippen LogP contribution in [0.3, 0.4) is 0 Å². The smallest absolute Gasteiger partial charge is 0.164 e. The zero-order chi connectivity index (χ0) is 13.7. The molecule has 0 heterocycles. The molecule has 0 aromatic heterocycles. The summed E-state index contributed by atoms with van der Waals surface area (Å²) in [6, 6.07) is 5.54. The van der Waals surface area contributed by atoms with E-state index in [1.807, 2.05) is 0 Å². The van der Waals surface area contributed by atoms with E-state index >= 15 is 0 Å². The highest BCUT2D eigenvalue weighted by Gasteiger charge is 2.19. The molecule has 2 unspecified atom stereocenters. The molecule has 1 saturated carbocycles. The molecule has 2 rings (SSSR count). The van der Waals surface area contributed by atoms with E-state index in [4.69, 9.17) is 11.6 Å². The number of benzene rings is 1. The number of halogens is 2. The lowest BCUT2D eigenvalue weighted by Crippen LogP contribution is -2.19. The minimum Gasteiger partial charge on any atom is -0.380 e. The maximum Gasteiger partial charge on any atom is 0.164 e. The predicted molar refractivity (Wildman–Crippen MR) is 80.3 cm³/mol. The van der Waals surface area contributed by atoms with Crippen molar-refractivity contribution in [1.29, 1.82) is 0 Å². The largest absolute Gasteiger partial charge is 0.380 e. The molecule has 2 atom stereocenters. The van der Waals surface area contributed by atoms with Gasteiger partial charge in [-0.25, -0.2) is 4.39 Å². The summed E-state index contributed by atoms with van der Waals surface area (Å²) in [7, 11) is 0. The SMILES string of the molecule is CCCC1CCCC(Nc2cccc(Cl)c2F)CC1. The number of hydrogen-bond acceptors (Lipinski definition) is 1. The fourth-order valence-corrected chi connectivity index (χ4v) is 3.23. The molecule has 0 bridgehead atoms. The van der Waals surface area contributed by atoms with Gasteiger partial charge in [-0.15, -0.1) is 0 Å². The molecule has 0 radical (unpaired) electrons. The first-order valence-electron chi connectivity index (χ1n) is 7.41. The van der Waals surface area contributed by atoms with Gasteiger partial charge in [0.1, 0.15) is 0 Å². The van der Waals surface area contributed by atoms with Gasteiger partial charge in [-0.05, 0) is 37.3 Å². The maximum absolute atomic E-state index is 13.9. The summed E-state index contributed by atoms with van der Waals surface area (Å²) in [5.41, 5.74) is 0.548. The third kappa shape index (κ3) is 4.10. The van der Waals surface area contributed by atoms with E-state index in [9.17, 15) is 4.39 Å². The van der Waals surface area contributed by atoms with Gasteiger partial charge < -0.3 is 5.32 Å². The lowest BCUT2D eigenvalue weighted by molar-refractivity contribution is 0.422. The van der Waals surface area contributed by atoms with Crippen LogP contribution in [0.5, 0.6) is 0 Å². The molecular formula is C16H23ClFN. The predicted octanol–water partition coefficient (Wildman–Crippen LogP) is 5.64. The Morgan fingerprint density at radius 1 is 1.26 bits per heavy atom. The van der Waals surface area contributed by atoms with Crippen LogP contribution in [-0.4, -0.2) is 6.04 Å². The standard InChI is InChI=1S/C16H23ClFN/c1-2-5-12-6-3-7-13(11-10-12)19-15-9-4-8-14(17)16(15)18/h4,8-9,12-13,19H,2-3,5-7,10-11H2,1H3.